The second kappa shape index (κ2) is 7.29. The lowest BCUT2D eigenvalue weighted by Gasteiger charge is -2.06. The molecule has 1 rings (SSSR count). The molecule has 6 heteroatoms. The molecule has 0 aliphatic heterocycles. The predicted molar refractivity (Wildman–Crippen MR) is 63.3 cm³/mol. The summed E-state index contributed by atoms with van der Waals surface area (Å²) in [5.74, 6) is -0.945. The lowest BCUT2D eigenvalue weighted by molar-refractivity contribution is -0.124. The second-order valence-electron chi connectivity index (χ2n) is 3.47. The molecule has 0 atom stereocenters. The van der Waals surface area contributed by atoms with Crippen molar-refractivity contribution in [2.75, 3.05) is 26.9 Å². The van der Waals surface area contributed by atoms with Crippen LogP contribution in [0, 0.1) is 0 Å². The van der Waals surface area contributed by atoms with Crippen LogP contribution < -0.4 is 5.32 Å². The molecule has 0 fully saturated rings. The van der Waals surface area contributed by atoms with Crippen LogP contribution in [0.2, 0.25) is 0 Å². The maximum absolute atomic E-state index is 11.5. The Morgan fingerprint density at radius 3 is 2.56 bits per heavy atom. The Morgan fingerprint density at radius 2 is 1.94 bits per heavy atom. The zero-order valence-corrected chi connectivity index (χ0v) is 10.0. The van der Waals surface area contributed by atoms with Crippen molar-refractivity contribution in [3.8, 4) is 5.75 Å². The molecule has 0 spiro atoms. The van der Waals surface area contributed by atoms with Gasteiger partial charge in [0, 0.05) is 13.7 Å². The monoisotopic (exact) mass is 253 g/mol. The van der Waals surface area contributed by atoms with Crippen LogP contribution in [0.5, 0.6) is 5.75 Å². The van der Waals surface area contributed by atoms with Gasteiger partial charge in [-0.25, -0.2) is 4.79 Å². The molecule has 0 saturated carbocycles. The van der Waals surface area contributed by atoms with E-state index in [1.54, 1.807) is 0 Å². The Morgan fingerprint density at radius 1 is 1.28 bits per heavy atom. The first-order valence-electron chi connectivity index (χ1n) is 5.35. The molecule has 2 N–H and O–H groups in total. The molecule has 1 aromatic carbocycles. The van der Waals surface area contributed by atoms with Gasteiger partial charge in [-0.3, -0.25) is 4.79 Å². The Balaban J connectivity index is 2.32. The second-order valence-corrected chi connectivity index (χ2v) is 3.47. The topological polar surface area (TPSA) is 84.9 Å². The molecular weight excluding hydrogens is 238 g/mol. The number of carbonyl (C=O) groups excluding carboxylic acids is 2. The molecule has 0 aliphatic rings. The molecule has 18 heavy (non-hydrogen) atoms. The van der Waals surface area contributed by atoms with Crippen molar-refractivity contribution in [3.63, 3.8) is 0 Å². The Kier molecular flexibility index (Phi) is 5.66. The average Bonchev–Trinajstić information content (AvgIpc) is 2.37. The fraction of sp³-hybridized carbons (Fsp3) is 0.333. The third kappa shape index (κ3) is 4.84. The number of amides is 1. The number of methoxy groups -OCH3 is 1. The molecule has 0 aromatic heterocycles. The third-order valence-electron chi connectivity index (χ3n) is 2.07. The molecule has 0 bridgehead atoms. The molecule has 0 radical (unpaired) electrons. The van der Waals surface area contributed by atoms with Gasteiger partial charge in [0.1, 0.15) is 5.75 Å². The summed E-state index contributed by atoms with van der Waals surface area (Å²) in [6.07, 6.45) is 0. The van der Waals surface area contributed by atoms with Gasteiger partial charge in [0.2, 0.25) is 0 Å². The van der Waals surface area contributed by atoms with Gasteiger partial charge in [0.15, 0.2) is 6.61 Å². The summed E-state index contributed by atoms with van der Waals surface area (Å²) in [6.45, 7) is 0.424. The van der Waals surface area contributed by atoms with E-state index in [2.05, 4.69) is 5.32 Å². The number of aromatic hydroxyl groups is 1. The largest absolute Gasteiger partial charge is 0.508 e. The summed E-state index contributed by atoms with van der Waals surface area (Å²) in [7, 11) is 1.52. The number of benzene rings is 1. The van der Waals surface area contributed by atoms with Crippen molar-refractivity contribution in [1.29, 1.82) is 0 Å². The van der Waals surface area contributed by atoms with Gasteiger partial charge in [-0.15, -0.1) is 0 Å². The number of rotatable bonds is 6. The zero-order chi connectivity index (χ0) is 13.4. The van der Waals surface area contributed by atoms with E-state index in [4.69, 9.17) is 14.6 Å². The van der Waals surface area contributed by atoms with Crippen molar-refractivity contribution in [2.45, 2.75) is 0 Å². The normalized spacial score (nSPS) is 9.83. The van der Waals surface area contributed by atoms with Crippen LogP contribution in [0.1, 0.15) is 10.4 Å². The molecule has 1 amide bonds. The number of nitrogens with one attached hydrogen (secondary N) is 1. The molecule has 0 unspecified atom stereocenters. The number of hydrogen-bond acceptors (Lipinski definition) is 5. The number of hydrogen-bond donors (Lipinski definition) is 2. The fourth-order valence-electron chi connectivity index (χ4n) is 1.16. The molecule has 0 saturated heterocycles. The minimum Gasteiger partial charge on any atom is -0.508 e. The van der Waals surface area contributed by atoms with E-state index in [0.29, 0.717) is 13.2 Å². The summed E-state index contributed by atoms with van der Waals surface area (Å²) in [4.78, 5) is 22.7. The van der Waals surface area contributed by atoms with Crippen molar-refractivity contribution in [1.82, 2.24) is 5.32 Å². The van der Waals surface area contributed by atoms with E-state index in [1.807, 2.05) is 0 Å². The number of phenols is 1. The van der Waals surface area contributed by atoms with Crippen molar-refractivity contribution in [3.05, 3.63) is 29.8 Å². The highest BCUT2D eigenvalue weighted by molar-refractivity contribution is 5.91. The van der Waals surface area contributed by atoms with Gasteiger partial charge < -0.3 is 19.9 Å². The van der Waals surface area contributed by atoms with Crippen LogP contribution in [-0.4, -0.2) is 43.9 Å². The van der Waals surface area contributed by atoms with E-state index in [9.17, 15) is 9.59 Å². The van der Waals surface area contributed by atoms with Crippen LogP contribution in [-0.2, 0) is 14.3 Å². The Labute approximate surface area is 105 Å². The highest BCUT2D eigenvalue weighted by Crippen LogP contribution is 2.10. The van der Waals surface area contributed by atoms with Crippen molar-refractivity contribution in [2.24, 2.45) is 0 Å². The van der Waals surface area contributed by atoms with E-state index in [1.165, 1.54) is 31.4 Å². The average molecular weight is 253 g/mol. The minimum atomic E-state index is -0.614. The summed E-state index contributed by atoms with van der Waals surface area (Å²) in [5, 5.41) is 11.6. The quantitative estimate of drug-likeness (QED) is 0.563. The van der Waals surface area contributed by atoms with Crippen LogP contribution in [0.3, 0.4) is 0 Å². The maximum Gasteiger partial charge on any atom is 0.338 e. The van der Waals surface area contributed by atoms with Crippen LogP contribution in [0.25, 0.3) is 0 Å². The summed E-state index contributed by atoms with van der Waals surface area (Å²) < 4.78 is 9.54. The molecule has 0 aliphatic carbocycles. The van der Waals surface area contributed by atoms with Gasteiger partial charge in [0.05, 0.1) is 12.2 Å². The highest BCUT2D eigenvalue weighted by atomic mass is 16.5. The lowest BCUT2D eigenvalue weighted by atomic mass is 10.2. The summed E-state index contributed by atoms with van der Waals surface area (Å²) in [6, 6.07) is 5.57. The number of phenolic OH excluding ortho intramolecular Hbond substituents is 1. The first-order valence-corrected chi connectivity index (χ1v) is 5.35. The highest BCUT2D eigenvalue weighted by Gasteiger charge is 2.09. The number of carbonyl (C=O) groups is 2. The molecule has 6 nitrogen and oxygen atoms in total. The number of ether oxygens (including phenoxy) is 2. The van der Waals surface area contributed by atoms with Crippen LogP contribution in [0.15, 0.2) is 24.3 Å². The number of esters is 1. The molecule has 98 valence electrons. The van der Waals surface area contributed by atoms with Gasteiger partial charge in [0.25, 0.3) is 5.91 Å². The van der Waals surface area contributed by atoms with Gasteiger partial charge in [-0.05, 0) is 24.3 Å². The Hall–Kier alpha value is -2.08. The minimum absolute atomic E-state index is 0.0591. The van der Waals surface area contributed by atoms with E-state index >= 15 is 0 Å². The molecule has 0 heterocycles. The van der Waals surface area contributed by atoms with E-state index < -0.39 is 5.97 Å². The van der Waals surface area contributed by atoms with Gasteiger partial charge in [-0.2, -0.15) is 0 Å². The standard InChI is InChI=1S/C12H15NO5/c1-17-7-6-13-11(15)8-18-12(16)9-2-4-10(14)5-3-9/h2-5,14H,6-8H2,1H3,(H,13,15). The van der Waals surface area contributed by atoms with Crippen LogP contribution >= 0.6 is 0 Å². The van der Waals surface area contributed by atoms with E-state index in [-0.39, 0.29) is 23.8 Å². The molecular formula is C12H15NO5. The summed E-state index contributed by atoms with van der Waals surface area (Å²) in [5.41, 5.74) is 0.275. The first kappa shape index (κ1) is 14.0. The van der Waals surface area contributed by atoms with Crippen LogP contribution in [0.4, 0.5) is 0 Å². The predicted octanol–water partition coefficient (Wildman–Crippen LogP) is 0.312. The maximum atomic E-state index is 11.5. The fourth-order valence-corrected chi connectivity index (χ4v) is 1.16. The van der Waals surface area contributed by atoms with Gasteiger partial charge in [-0.1, -0.05) is 0 Å². The first-order chi connectivity index (χ1) is 8.63. The van der Waals surface area contributed by atoms with Crippen molar-refractivity contribution < 1.29 is 24.2 Å². The zero-order valence-electron chi connectivity index (χ0n) is 10.0. The third-order valence-corrected chi connectivity index (χ3v) is 2.07. The van der Waals surface area contributed by atoms with Crippen molar-refractivity contribution >= 4 is 11.9 Å². The smallest absolute Gasteiger partial charge is 0.338 e. The molecule has 1 aromatic rings. The van der Waals surface area contributed by atoms with E-state index in [0.717, 1.165) is 0 Å². The summed E-state index contributed by atoms with van der Waals surface area (Å²) >= 11 is 0. The van der Waals surface area contributed by atoms with Gasteiger partial charge >= 0.3 is 5.97 Å². The lowest BCUT2D eigenvalue weighted by Crippen LogP contribution is -2.31. The SMILES string of the molecule is COCCNC(=O)COC(=O)c1ccc(O)cc1. The Bertz CT molecular complexity index is 401.